The maximum atomic E-state index is 12.9. The lowest BCUT2D eigenvalue weighted by atomic mass is 10.1. The number of ether oxygens (including phenoxy) is 2. The molecule has 3 rings (SSSR count). The van der Waals surface area contributed by atoms with Crippen molar-refractivity contribution in [3.63, 3.8) is 0 Å². The summed E-state index contributed by atoms with van der Waals surface area (Å²) in [6.45, 7) is 8.53. The Balaban J connectivity index is 1.45. The van der Waals surface area contributed by atoms with E-state index in [2.05, 4.69) is 55.7 Å². The fourth-order valence-corrected chi connectivity index (χ4v) is 6.41. The minimum absolute atomic E-state index is 0.0219. The standard InChI is InChI=1S/C33H40N2O7S2/c1-25(2)13-10-14-26(3)15-11-16-27(4)21-24-43-30-20-9-8-19-29(30)33(36)41-23-12-22-40-31-32(35(37)42-34-31)44(38,39)28-17-6-5-7-18-28/h5-9,13,15,17-21H,10-12,14,16,22-24H2,1-4H3/b26-15+,27-21+. The molecule has 0 saturated heterocycles. The van der Waals surface area contributed by atoms with E-state index in [-0.39, 0.29) is 29.4 Å². The number of hydrogen-bond acceptors (Lipinski definition) is 9. The maximum absolute atomic E-state index is 12.9. The molecule has 1 aromatic heterocycles. The molecule has 0 radical (unpaired) electrons. The largest absolute Gasteiger partial charge is 0.462 e. The quantitative estimate of drug-likeness (QED) is 0.0492. The number of carbonyl (C=O) groups is 1. The van der Waals surface area contributed by atoms with Gasteiger partial charge in [0.1, 0.15) is 0 Å². The van der Waals surface area contributed by atoms with Crippen molar-refractivity contribution < 1.29 is 32.2 Å². The molecular formula is C33H40N2O7S2. The van der Waals surface area contributed by atoms with Crippen LogP contribution in [0.15, 0.2) is 109 Å². The first-order valence-corrected chi connectivity index (χ1v) is 16.9. The molecule has 0 unspecified atom stereocenters. The zero-order valence-electron chi connectivity index (χ0n) is 25.7. The van der Waals surface area contributed by atoms with Gasteiger partial charge >= 0.3 is 16.9 Å². The van der Waals surface area contributed by atoms with E-state index in [1.807, 2.05) is 12.1 Å². The SMILES string of the molecule is CC(C)=CCC/C(C)=C/CC/C(C)=C/CSc1ccccc1C(=O)OCCCOc1no[n+]([O-])c1S(=O)(=O)c1ccccc1. The summed E-state index contributed by atoms with van der Waals surface area (Å²) < 4.78 is 41.0. The topological polar surface area (TPSA) is 123 Å². The van der Waals surface area contributed by atoms with E-state index >= 15 is 0 Å². The van der Waals surface area contributed by atoms with Gasteiger partial charge in [-0.3, -0.25) is 4.63 Å². The van der Waals surface area contributed by atoms with Gasteiger partial charge < -0.3 is 14.7 Å². The third kappa shape index (κ3) is 10.7. The molecule has 0 spiro atoms. The first-order chi connectivity index (χ1) is 21.1. The fraction of sp³-hybridized carbons (Fsp3) is 0.364. The second kappa shape index (κ2) is 17.5. The lowest BCUT2D eigenvalue weighted by Gasteiger charge is -2.09. The van der Waals surface area contributed by atoms with Crippen molar-refractivity contribution in [1.82, 2.24) is 5.16 Å². The molecule has 2 aromatic carbocycles. The number of nitrogens with zero attached hydrogens (tertiary/aromatic N) is 2. The highest BCUT2D eigenvalue weighted by molar-refractivity contribution is 7.99. The number of sulfone groups is 1. The molecule has 0 fully saturated rings. The molecule has 9 nitrogen and oxygen atoms in total. The van der Waals surface area contributed by atoms with Crippen LogP contribution in [0.1, 0.15) is 70.2 Å². The number of benzene rings is 2. The Labute approximate surface area is 264 Å². The molecule has 0 aliphatic rings. The Morgan fingerprint density at radius 3 is 2.32 bits per heavy atom. The Kier molecular flexibility index (Phi) is 13.8. The summed E-state index contributed by atoms with van der Waals surface area (Å²) in [5.41, 5.74) is 4.55. The van der Waals surface area contributed by atoms with Crippen LogP contribution in [-0.2, 0) is 14.6 Å². The van der Waals surface area contributed by atoms with Gasteiger partial charge in [-0.15, -0.1) is 11.8 Å². The number of hydrogen-bond donors (Lipinski definition) is 0. The lowest BCUT2D eigenvalue weighted by molar-refractivity contribution is -0.832. The number of thioether (sulfide) groups is 1. The number of allylic oxidation sites excluding steroid dienone is 5. The average molecular weight is 641 g/mol. The van der Waals surface area contributed by atoms with Gasteiger partial charge in [-0.25, -0.2) is 13.2 Å². The third-order valence-corrected chi connectivity index (χ3v) is 9.24. The number of esters is 1. The Hall–Kier alpha value is -3.83. The Morgan fingerprint density at radius 1 is 0.932 bits per heavy atom. The number of carbonyl (C=O) groups excluding carboxylic acids is 1. The van der Waals surface area contributed by atoms with Crippen LogP contribution in [0.3, 0.4) is 0 Å². The minimum atomic E-state index is -4.21. The molecule has 0 aliphatic carbocycles. The van der Waals surface area contributed by atoms with Crippen LogP contribution >= 0.6 is 11.8 Å². The van der Waals surface area contributed by atoms with Gasteiger partial charge in [0, 0.05) is 17.1 Å². The van der Waals surface area contributed by atoms with E-state index in [1.165, 1.54) is 41.0 Å². The van der Waals surface area contributed by atoms with Crippen molar-refractivity contribution >= 4 is 27.6 Å². The predicted molar refractivity (Wildman–Crippen MR) is 170 cm³/mol. The van der Waals surface area contributed by atoms with E-state index in [4.69, 9.17) is 9.47 Å². The first kappa shape index (κ1) is 34.7. The van der Waals surface area contributed by atoms with Crippen molar-refractivity contribution in [2.45, 2.75) is 74.6 Å². The minimum Gasteiger partial charge on any atom is -0.462 e. The van der Waals surface area contributed by atoms with E-state index in [0.717, 1.165) is 36.3 Å². The van der Waals surface area contributed by atoms with Gasteiger partial charge in [-0.1, -0.05) is 65.3 Å². The van der Waals surface area contributed by atoms with Gasteiger partial charge in [-0.05, 0) is 82.5 Å². The second-order valence-electron chi connectivity index (χ2n) is 10.5. The van der Waals surface area contributed by atoms with Crippen LogP contribution in [0.5, 0.6) is 5.88 Å². The molecule has 0 amide bonds. The van der Waals surface area contributed by atoms with Gasteiger partial charge in [-0.2, -0.15) is 0 Å². The van der Waals surface area contributed by atoms with Gasteiger partial charge in [0.05, 0.1) is 28.8 Å². The summed E-state index contributed by atoms with van der Waals surface area (Å²) in [6.07, 6.45) is 11.2. The summed E-state index contributed by atoms with van der Waals surface area (Å²) in [5.74, 6) is -0.182. The Morgan fingerprint density at radius 2 is 1.59 bits per heavy atom. The summed E-state index contributed by atoms with van der Waals surface area (Å²) >= 11 is 1.57. The molecule has 0 bridgehead atoms. The molecule has 0 saturated carbocycles. The van der Waals surface area contributed by atoms with Gasteiger partial charge in [0.25, 0.3) is 9.84 Å². The summed E-state index contributed by atoms with van der Waals surface area (Å²) in [4.78, 5) is 13.3. The molecular weight excluding hydrogens is 601 g/mol. The van der Waals surface area contributed by atoms with Crippen molar-refractivity contribution in [3.8, 4) is 5.88 Å². The average Bonchev–Trinajstić information content (AvgIpc) is 3.38. The van der Waals surface area contributed by atoms with Crippen LogP contribution in [0.2, 0.25) is 0 Å². The van der Waals surface area contributed by atoms with E-state index in [1.54, 1.807) is 30.0 Å². The van der Waals surface area contributed by atoms with Crippen LogP contribution < -0.4 is 9.64 Å². The van der Waals surface area contributed by atoms with E-state index < -0.39 is 26.7 Å². The zero-order chi connectivity index (χ0) is 32.0. The first-order valence-electron chi connectivity index (χ1n) is 14.5. The molecule has 0 atom stereocenters. The normalized spacial score (nSPS) is 12.2. The highest BCUT2D eigenvalue weighted by Gasteiger charge is 2.35. The van der Waals surface area contributed by atoms with Crippen LogP contribution in [0.4, 0.5) is 0 Å². The number of rotatable bonds is 17. The van der Waals surface area contributed by atoms with Gasteiger partial charge in [0.2, 0.25) is 0 Å². The highest BCUT2D eigenvalue weighted by Crippen LogP contribution is 2.26. The summed E-state index contributed by atoms with van der Waals surface area (Å²) in [7, 11) is -4.21. The van der Waals surface area contributed by atoms with Crippen LogP contribution in [-0.4, -0.2) is 38.5 Å². The van der Waals surface area contributed by atoms with Crippen molar-refractivity contribution in [3.05, 3.63) is 100 Å². The maximum Gasteiger partial charge on any atom is 0.414 e. The summed E-state index contributed by atoms with van der Waals surface area (Å²) in [6, 6.07) is 14.7. The molecule has 3 aromatic rings. The lowest BCUT2D eigenvalue weighted by Crippen LogP contribution is -2.31. The monoisotopic (exact) mass is 640 g/mol. The van der Waals surface area contributed by atoms with E-state index in [0.29, 0.717) is 5.56 Å². The van der Waals surface area contributed by atoms with Gasteiger partial charge in [0.15, 0.2) is 0 Å². The molecule has 0 N–H and O–H groups in total. The smallest absolute Gasteiger partial charge is 0.414 e. The van der Waals surface area contributed by atoms with E-state index in [9.17, 15) is 18.4 Å². The van der Waals surface area contributed by atoms with Crippen LogP contribution in [0.25, 0.3) is 0 Å². The Bertz CT molecular complexity index is 1570. The molecule has 44 heavy (non-hydrogen) atoms. The predicted octanol–water partition coefficient (Wildman–Crippen LogP) is 7.28. The van der Waals surface area contributed by atoms with Crippen molar-refractivity contribution in [1.29, 1.82) is 0 Å². The molecule has 11 heteroatoms. The van der Waals surface area contributed by atoms with Crippen molar-refractivity contribution in [2.24, 2.45) is 0 Å². The highest BCUT2D eigenvalue weighted by atomic mass is 32.2. The second-order valence-corrected chi connectivity index (χ2v) is 13.4. The van der Waals surface area contributed by atoms with Crippen LogP contribution in [0, 0.1) is 5.21 Å². The third-order valence-electron chi connectivity index (χ3n) is 6.52. The molecule has 1 heterocycles. The number of aromatic nitrogens is 2. The molecule has 236 valence electrons. The van der Waals surface area contributed by atoms with Crippen molar-refractivity contribution in [2.75, 3.05) is 19.0 Å². The fourth-order valence-electron chi connectivity index (χ4n) is 4.08. The molecule has 0 aliphatic heterocycles. The summed E-state index contributed by atoms with van der Waals surface area (Å²) in [5, 5.41) is 14.7. The zero-order valence-corrected chi connectivity index (χ0v) is 27.3.